The van der Waals surface area contributed by atoms with Crippen molar-refractivity contribution in [2.24, 2.45) is 5.92 Å². The molecule has 3 aromatic rings. The maximum Gasteiger partial charge on any atom is 0.277 e. The Morgan fingerprint density at radius 1 is 1.15 bits per heavy atom. The smallest absolute Gasteiger partial charge is 0.277 e. The van der Waals surface area contributed by atoms with E-state index in [1.54, 1.807) is 12.4 Å². The summed E-state index contributed by atoms with van der Waals surface area (Å²) in [7, 11) is 0. The van der Waals surface area contributed by atoms with Crippen LogP contribution < -0.4 is 4.90 Å². The van der Waals surface area contributed by atoms with E-state index in [0.717, 1.165) is 17.7 Å². The minimum absolute atomic E-state index is 0.0867. The van der Waals surface area contributed by atoms with Crippen LogP contribution in [0.15, 0.2) is 58.4 Å². The summed E-state index contributed by atoms with van der Waals surface area (Å²) in [6, 6.07) is 11.7. The fourth-order valence-corrected chi connectivity index (χ4v) is 4.10. The number of hydrogen-bond acceptors (Lipinski definition) is 6. The number of carbonyl (C=O) groups is 1. The second-order valence-corrected chi connectivity index (χ2v) is 7.85. The molecule has 0 aliphatic carbocycles. The van der Waals surface area contributed by atoms with Crippen molar-refractivity contribution in [3.63, 3.8) is 0 Å². The average molecular weight is 380 g/mol. The fraction of sp³-hybridized carbons (Fsp3) is 0.300. The van der Waals surface area contributed by atoms with Gasteiger partial charge >= 0.3 is 0 Å². The first-order valence-corrected chi connectivity index (χ1v) is 9.81. The second kappa shape index (κ2) is 7.52. The first-order chi connectivity index (χ1) is 13.1. The lowest BCUT2D eigenvalue weighted by Crippen LogP contribution is -2.39. The molecule has 1 unspecified atom stereocenters. The molecule has 0 fully saturated rings. The third kappa shape index (κ3) is 3.60. The van der Waals surface area contributed by atoms with Gasteiger partial charge in [0, 0.05) is 30.2 Å². The van der Waals surface area contributed by atoms with Crippen LogP contribution in [0.25, 0.3) is 11.5 Å². The molecule has 27 heavy (non-hydrogen) atoms. The quantitative estimate of drug-likeness (QED) is 0.626. The Kier molecular flexibility index (Phi) is 4.94. The number of aromatic nitrogens is 3. The van der Waals surface area contributed by atoms with Crippen molar-refractivity contribution in [2.75, 3.05) is 11.4 Å². The van der Waals surface area contributed by atoms with Gasteiger partial charge in [-0.1, -0.05) is 43.8 Å². The van der Waals surface area contributed by atoms with Gasteiger partial charge in [0.2, 0.25) is 11.8 Å². The summed E-state index contributed by atoms with van der Waals surface area (Å²) < 4.78 is 5.77. The summed E-state index contributed by atoms with van der Waals surface area (Å²) in [4.78, 5) is 19.1. The van der Waals surface area contributed by atoms with Crippen LogP contribution in [-0.2, 0) is 11.2 Å². The molecule has 1 aliphatic rings. The summed E-state index contributed by atoms with van der Waals surface area (Å²) in [5.74, 6) is 0.650. The molecule has 1 atom stereocenters. The first kappa shape index (κ1) is 17.7. The predicted octanol–water partition coefficient (Wildman–Crippen LogP) is 3.84. The van der Waals surface area contributed by atoms with E-state index in [1.807, 2.05) is 49.1 Å². The lowest BCUT2D eigenvalue weighted by Gasteiger charge is -2.25. The fourth-order valence-electron chi connectivity index (χ4n) is 3.17. The van der Waals surface area contributed by atoms with Crippen molar-refractivity contribution in [2.45, 2.75) is 30.7 Å². The summed E-state index contributed by atoms with van der Waals surface area (Å²) in [6.07, 6.45) is 4.25. The van der Waals surface area contributed by atoms with Crippen molar-refractivity contribution < 1.29 is 9.21 Å². The molecule has 4 rings (SSSR count). The van der Waals surface area contributed by atoms with Crippen LogP contribution in [0.2, 0.25) is 0 Å². The number of amides is 1. The normalized spacial score (nSPS) is 14.4. The zero-order chi connectivity index (χ0) is 18.8. The van der Waals surface area contributed by atoms with Crippen molar-refractivity contribution in [3.05, 3.63) is 54.4 Å². The summed E-state index contributed by atoms with van der Waals surface area (Å²) >= 11 is 1.33. The molecule has 6 nitrogen and oxygen atoms in total. The van der Waals surface area contributed by atoms with E-state index >= 15 is 0 Å². The molecule has 0 radical (unpaired) electrons. The Bertz CT molecular complexity index is 942. The number of carbonyl (C=O) groups excluding carboxylic acids is 1. The monoisotopic (exact) mass is 380 g/mol. The van der Waals surface area contributed by atoms with Gasteiger partial charge < -0.3 is 9.32 Å². The Labute approximate surface area is 162 Å². The van der Waals surface area contributed by atoms with Gasteiger partial charge in [-0.05, 0) is 36.1 Å². The van der Waals surface area contributed by atoms with Crippen LogP contribution in [0.1, 0.15) is 19.4 Å². The van der Waals surface area contributed by atoms with E-state index in [4.69, 9.17) is 4.42 Å². The van der Waals surface area contributed by atoms with E-state index in [2.05, 4.69) is 21.2 Å². The van der Waals surface area contributed by atoms with Crippen LogP contribution in [0.4, 0.5) is 5.69 Å². The van der Waals surface area contributed by atoms with Gasteiger partial charge in [0.1, 0.15) is 0 Å². The molecule has 1 aromatic carbocycles. The number of hydrogen-bond donors (Lipinski definition) is 0. The van der Waals surface area contributed by atoms with Crippen LogP contribution in [0.5, 0.6) is 0 Å². The highest BCUT2D eigenvalue weighted by Gasteiger charge is 2.33. The maximum atomic E-state index is 13.2. The number of benzene rings is 1. The van der Waals surface area contributed by atoms with E-state index < -0.39 is 0 Å². The van der Waals surface area contributed by atoms with Crippen LogP contribution in [-0.4, -0.2) is 32.9 Å². The Hall–Kier alpha value is -2.67. The maximum absolute atomic E-state index is 13.2. The van der Waals surface area contributed by atoms with Gasteiger partial charge in [-0.25, -0.2) is 0 Å². The number of pyridine rings is 1. The number of nitrogens with zero attached hydrogens (tertiary/aromatic N) is 4. The number of fused-ring (bicyclic) bond motifs is 1. The molecule has 0 N–H and O–H groups in total. The van der Waals surface area contributed by atoms with E-state index in [1.165, 1.54) is 17.3 Å². The number of para-hydroxylation sites is 1. The lowest BCUT2D eigenvalue weighted by molar-refractivity contribution is -0.118. The SMILES string of the molecule is CC(C)C(Sc1nnc(-c2ccncc2)o1)C(=O)N1CCc2ccccc21. The first-order valence-electron chi connectivity index (χ1n) is 8.93. The predicted molar refractivity (Wildman–Crippen MR) is 105 cm³/mol. The molecule has 7 heteroatoms. The van der Waals surface area contributed by atoms with Gasteiger partial charge in [0.25, 0.3) is 5.22 Å². The molecule has 1 aliphatic heterocycles. The van der Waals surface area contributed by atoms with Crippen molar-refractivity contribution in [1.29, 1.82) is 0 Å². The topological polar surface area (TPSA) is 72.1 Å². The molecule has 0 saturated heterocycles. The lowest BCUT2D eigenvalue weighted by atomic mass is 10.1. The van der Waals surface area contributed by atoms with Gasteiger partial charge in [-0.2, -0.15) is 0 Å². The number of thioether (sulfide) groups is 1. The summed E-state index contributed by atoms with van der Waals surface area (Å²) in [5.41, 5.74) is 3.04. The molecule has 3 heterocycles. The largest absolute Gasteiger partial charge is 0.411 e. The van der Waals surface area contributed by atoms with Crippen LogP contribution in [0, 0.1) is 5.92 Å². The second-order valence-electron chi connectivity index (χ2n) is 6.76. The molecule has 2 aromatic heterocycles. The third-order valence-corrected chi connectivity index (χ3v) is 5.93. The Morgan fingerprint density at radius 3 is 2.70 bits per heavy atom. The van der Waals surface area contributed by atoms with Crippen molar-refractivity contribution in [1.82, 2.24) is 15.2 Å². The van der Waals surface area contributed by atoms with Crippen LogP contribution >= 0.6 is 11.8 Å². The minimum Gasteiger partial charge on any atom is -0.411 e. The molecule has 1 amide bonds. The van der Waals surface area contributed by atoms with E-state index in [0.29, 0.717) is 17.7 Å². The average Bonchev–Trinajstić information content (AvgIpc) is 3.33. The zero-order valence-electron chi connectivity index (χ0n) is 15.2. The van der Waals surface area contributed by atoms with E-state index in [-0.39, 0.29) is 17.1 Å². The van der Waals surface area contributed by atoms with Gasteiger partial charge in [0.15, 0.2) is 0 Å². The van der Waals surface area contributed by atoms with Crippen LogP contribution in [0.3, 0.4) is 0 Å². The molecular formula is C20H20N4O2S. The highest BCUT2D eigenvalue weighted by atomic mass is 32.2. The van der Waals surface area contributed by atoms with Crippen molar-refractivity contribution in [3.8, 4) is 11.5 Å². The number of anilines is 1. The highest BCUT2D eigenvalue weighted by molar-refractivity contribution is 8.00. The highest BCUT2D eigenvalue weighted by Crippen LogP contribution is 2.34. The third-order valence-electron chi connectivity index (χ3n) is 4.56. The van der Waals surface area contributed by atoms with Gasteiger partial charge in [-0.15, -0.1) is 10.2 Å². The summed E-state index contributed by atoms with van der Waals surface area (Å²) in [5, 5.41) is 8.34. The zero-order valence-corrected chi connectivity index (χ0v) is 16.0. The molecular weight excluding hydrogens is 360 g/mol. The Morgan fingerprint density at radius 2 is 1.93 bits per heavy atom. The molecule has 0 saturated carbocycles. The molecule has 138 valence electrons. The molecule has 0 spiro atoms. The standard InChI is InChI=1S/C20H20N4O2S/c1-13(2)17(19(25)24-12-9-14-5-3-4-6-16(14)24)27-20-23-22-18(26-20)15-7-10-21-11-8-15/h3-8,10-11,13,17H,9,12H2,1-2H3. The van der Waals surface area contributed by atoms with Gasteiger partial charge in [-0.3, -0.25) is 9.78 Å². The number of rotatable bonds is 5. The van der Waals surface area contributed by atoms with Gasteiger partial charge in [0.05, 0.1) is 5.25 Å². The molecule has 0 bridgehead atoms. The van der Waals surface area contributed by atoms with E-state index in [9.17, 15) is 4.79 Å². The Balaban J connectivity index is 1.54. The summed E-state index contributed by atoms with van der Waals surface area (Å²) in [6.45, 7) is 4.80. The van der Waals surface area contributed by atoms with Crippen molar-refractivity contribution >= 4 is 23.4 Å². The minimum atomic E-state index is -0.290.